The number of aromatic carboxylic acids is 1. The number of anilines is 1. The molecule has 3 heterocycles. The Morgan fingerprint density at radius 2 is 2.00 bits per heavy atom. The van der Waals surface area contributed by atoms with Crippen LogP contribution in [0.3, 0.4) is 0 Å². The van der Waals surface area contributed by atoms with E-state index in [0.717, 1.165) is 60.3 Å². The summed E-state index contributed by atoms with van der Waals surface area (Å²) >= 11 is 14.5. The van der Waals surface area contributed by atoms with Crippen LogP contribution in [0.25, 0.3) is 21.5 Å². The van der Waals surface area contributed by atoms with Gasteiger partial charge in [0.25, 0.3) is 0 Å². The first kappa shape index (κ1) is 25.3. The van der Waals surface area contributed by atoms with Crippen molar-refractivity contribution < 1.29 is 23.6 Å². The van der Waals surface area contributed by atoms with Crippen molar-refractivity contribution >= 4 is 55.9 Å². The van der Waals surface area contributed by atoms with Gasteiger partial charge in [-0.1, -0.05) is 39.7 Å². The van der Waals surface area contributed by atoms with Gasteiger partial charge >= 0.3 is 5.97 Å². The van der Waals surface area contributed by atoms with Gasteiger partial charge in [0.1, 0.15) is 17.0 Å². The van der Waals surface area contributed by atoms with E-state index in [9.17, 15) is 14.3 Å². The standard InChI is InChI=1S/C28H24Cl2FN3O4S/c1-12-4-18(29)23(19(30)5-12)24-17(26(38-33-24)13-2-3-13)11-37-21-9-16-6-15(21)10-34(16)28-32-25-20(31)7-14(27(35)36)8-22(25)39-28/h4-5,7-8,13,15-16,21H,2-3,6,9-11H2,1H3,(H,35,36)/t15-,16-,21+/m0/s1. The molecule has 3 atom stereocenters. The third-order valence-electron chi connectivity index (χ3n) is 8.04. The molecule has 7 rings (SSSR count). The molecule has 2 aromatic heterocycles. The number of piperidine rings is 1. The van der Waals surface area contributed by atoms with Crippen molar-refractivity contribution in [3.8, 4) is 11.3 Å². The number of ether oxygens (including phenoxy) is 1. The molecule has 3 aliphatic rings. The van der Waals surface area contributed by atoms with Gasteiger partial charge in [-0.05, 0) is 62.4 Å². The molecule has 4 aromatic rings. The smallest absolute Gasteiger partial charge is 0.335 e. The SMILES string of the molecule is Cc1cc(Cl)c(-c2noc(C3CC3)c2CO[C@@H]2C[C@@H]3C[C@H]2CN3c2nc3c(F)cc(C(=O)O)cc3s2)c(Cl)c1. The summed E-state index contributed by atoms with van der Waals surface area (Å²) in [5.41, 5.74) is 3.36. The minimum atomic E-state index is -1.15. The van der Waals surface area contributed by atoms with Crippen LogP contribution >= 0.6 is 34.5 Å². The van der Waals surface area contributed by atoms with Crippen molar-refractivity contribution in [3.63, 3.8) is 0 Å². The lowest BCUT2D eigenvalue weighted by atomic mass is 10.0. The minimum absolute atomic E-state index is 0.0646. The molecule has 1 saturated heterocycles. The van der Waals surface area contributed by atoms with Crippen LogP contribution in [0.2, 0.25) is 10.0 Å². The zero-order valence-corrected chi connectivity index (χ0v) is 23.2. The molecule has 0 amide bonds. The molecule has 0 radical (unpaired) electrons. The predicted octanol–water partition coefficient (Wildman–Crippen LogP) is 7.47. The summed E-state index contributed by atoms with van der Waals surface area (Å²) < 4.78 is 27.4. The van der Waals surface area contributed by atoms with Crippen LogP contribution < -0.4 is 4.90 Å². The Morgan fingerprint density at radius 1 is 1.23 bits per heavy atom. The zero-order valence-electron chi connectivity index (χ0n) is 20.9. The van der Waals surface area contributed by atoms with Gasteiger partial charge in [-0.15, -0.1) is 0 Å². The highest BCUT2D eigenvalue weighted by atomic mass is 35.5. The zero-order chi connectivity index (χ0) is 27.0. The number of halogens is 3. The Balaban J connectivity index is 1.09. The second kappa shape index (κ2) is 9.44. The lowest BCUT2D eigenvalue weighted by Crippen LogP contribution is -2.38. The number of benzene rings is 2. The second-order valence-corrected chi connectivity index (χ2v) is 12.6. The van der Waals surface area contributed by atoms with Gasteiger partial charge in [-0.3, -0.25) is 0 Å². The number of aryl methyl sites for hydroxylation is 1. The Hall–Kier alpha value is -2.72. The van der Waals surface area contributed by atoms with Crippen LogP contribution in [0, 0.1) is 18.7 Å². The molecule has 7 nitrogen and oxygen atoms in total. The molecule has 202 valence electrons. The average Bonchev–Trinajstić information content (AvgIpc) is 3.21. The van der Waals surface area contributed by atoms with Gasteiger partial charge in [0.05, 0.1) is 33.0 Å². The first-order valence-electron chi connectivity index (χ1n) is 12.9. The molecule has 39 heavy (non-hydrogen) atoms. The molecular weight excluding hydrogens is 564 g/mol. The maximum absolute atomic E-state index is 14.5. The number of fused-ring (bicyclic) bond motifs is 3. The van der Waals surface area contributed by atoms with E-state index in [2.05, 4.69) is 15.0 Å². The molecule has 1 aliphatic heterocycles. The summed E-state index contributed by atoms with van der Waals surface area (Å²) in [4.78, 5) is 18.1. The summed E-state index contributed by atoms with van der Waals surface area (Å²) in [5, 5.41) is 15.4. The lowest BCUT2D eigenvalue weighted by molar-refractivity contribution is 0.0122. The first-order chi connectivity index (χ1) is 18.8. The molecule has 0 spiro atoms. The first-order valence-corrected chi connectivity index (χ1v) is 14.5. The molecule has 2 bridgehead atoms. The fourth-order valence-corrected chi connectivity index (χ4v) is 7.88. The van der Waals surface area contributed by atoms with Crippen molar-refractivity contribution in [1.29, 1.82) is 0 Å². The fraction of sp³-hybridized carbons (Fsp3) is 0.393. The number of thiazole rings is 1. The van der Waals surface area contributed by atoms with Crippen LogP contribution in [0.15, 0.2) is 28.8 Å². The summed E-state index contributed by atoms with van der Waals surface area (Å²) in [6, 6.07) is 6.50. The summed E-state index contributed by atoms with van der Waals surface area (Å²) in [7, 11) is 0. The van der Waals surface area contributed by atoms with Gasteiger partial charge in [0, 0.05) is 35.5 Å². The largest absolute Gasteiger partial charge is 0.478 e. The number of carboxylic acid groups (broad SMARTS) is 1. The Labute approximate surface area is 237 Å². The fourth-order valence-electron chi connectivity index (χ4n) is 6.01. The number of carboxylic acids is 1. The quantitative estimate of drug-likeness (QED) is 0.240. The van der Waals surface area contributed by atoms with Crippen molar-refractivity contribution in [2.24, 2.45) is 5.92 Å². The predicted molar refractivity (Wildman–Crippen MR) is 148 cm³/mol. The average molecular weight is 588 g/mol. The summed E-state index contributed by atoms with van der Waals surface area (Å²) in [6.45, 7) is 3.06. The number of nitrogens with zero attached hydrogens (tertiary/aromatic N) is 3. The lowest BCUT2D eigenvalue weighted by Gasteiger charge is -2.31. The van der Waals surface area contributed by atoms with Crippen molar-refractivity contribution in [2.75, 3.05) is 11.4 Å². The van der Waals surface area contributed by atoms with E-state index in [1.54, 1.807) is 0 Å². The van der Waals surface area contributed by atoms with Crippen LogP contribution in [-0.2, 0) is 11.3 Å². The molecule has 1 N–H and O–H groups in total. The van der Waals surface area contributed by atoms with Gasteiger partial charge in [-0.2, -0.15) is 0 Å². The maximum Gasteiger partial charge on any atom is 0.335 e. The third-order valence-corrected chi connectivity index (χ3v) is 9.67. The number of hydrogen-bond acceptors (Lipinski definition) is 7. The highest BCUT2D eigenvalue weighted by molar-refractivity contribution is 7.22. The van der Waals surface area contributed by atoms with Gasteiger partial charge in [0.15, 0.2) is 10.9 Å². The van der Waals surface area contributed by atoms with Crippen molar-refractivity contribution in [3.05, 3.63) is 62.6 Å². The minimum Gasteiger partial charge on any atom is -0.478 e. The van der Waals surface area contributed by atoms with Crippen molar-refractivity contribution in [1.82, 2.24) is 10.1 Å². The van der Waals surface area contributed by atoms with E-state index >= 15 is 0 Å². The Kier molecular flexibility index (Phi) is 6.11. The topological polar surface area (TPSA) is 88.7 Å². The number of aromatic nitrogens is 2. The Morgan fingerprint density at radius 3 is 2.67 bits per heavy atom. The molecular formula is C28H24Cl2FN3O4S. The number of rotatable bonds is 7. The van der Waals surface area contributed by atoms with Crippen LogP contribution in [0.4, 0.5) is 9.52 Å². The van der Waals surface area contributed by atoms with Gasteiger partial charge < -0.3 is 19.3 Å². The molecule has 3 fully saturated rings. The van der Waals surface area contributed by atoms with Crippen LogP contribution in [0.1, 0.15) is 58.8 Å². The van der Waals surface area contributed by atoms with Crippen LogP contribution in [0.5, 0.6) is 0 Å². The third kappa shape index (κ3) is 4.40. The van der Waals surface area contributed by atoms with E-state index in [-0.39, 0.29) is 23.2 Å². The summed E-state index contributed by atoms with van der Waals surface area (Å²) in [6.07, 6.45) is 3.99. The van der Waals surface area contributed by atoms with E-state index in [4.69, 9.17) is 32.5 Å². The highest BCUT2D eigenvalue weighted by Gasteiger charge is 2.46. The monoisotopic (exact) mass is 587 g/mol. The molecule has 2 saturated carbocycles. The number of carbonyl (C=O) groups is 1. The van der Waals surface area contributed by atoms with E-state index < -0.39 is 11.8 Å². The Bertz CT molecular complexity index is 1610. The van der Waals surface area contributed by atoms with Gasteiger partial charge in [-0.25, -0.2) is 14.2 Å². The molecule has 0 unspecified atom stereocenters. The van der Waals surface area contributed by atoms with Gasteiger partial charge in [0.2, 0.25) is 0 Å². The maximum atomic E-state index is 14.5. The summed E-state index contributed by atoms with van der Waals surface area (Å²) in [5.74, 6) is -0.244. The second-order valence-electron chi connectivity index (χ2n) is 10.7. The van der Waals surface area contributed by atoms with E-state index in [1.807, 2.05) is 19.1 Å². The van der Waals surface area contributed by atoms with E-state index in [0.29, 0.717) is 44.4 Å². The molecule has 2 aliphatic carbocycles. The van der Waals surface area contributed by atoms with Crippen LogP contribution in [-0.4, -0.2) is 39.9 Å². The molecule has 2 aromatic carbocycles. The number of hydrogen-bond donors (Lipinski definition) is 1. The molecule has 11 heteroatoms. The van der Waals surface area contributed by atoms with Crippen molar-refractivity contribution in [2.45, 2.75) is 57.3 Å². The highest BCUT2D eigenvalue weighted by Crippen LogP contribution is 2.48. The van der Waals surface area contributed by atoms with E-state index in [1.165, 1.54) is 17.4 Å². The normalized spacial score (nSPS) is 22.4.